The Kier molecular flexibility index (Phi) is 5.37. The SMILES string of the molecule is COCCCNC(C)c1cccc(C)c1. The van der Waals surface area contributed by atoms with Crippen LogP contribution in [0.15, 0.2) is 24.3 Å². The highest BCUT2D eigenvalue weighted by molar-refractivity contribution is 5.24. The summed E-state index contributed by atoms with van der Waals surface area (Å²) < 4.78 is 5.01. The maximum Gasteiger partial charge on any atom is 0.0474 e. The van der Waals surface area contributed by atoms with Crippen LogP contribution in [0.25, 0.3) is 0 Å². The summed E-state index contributed by atoms with van der Waals surface area (Å²) in [6.07, 6.45) is 1.06. The fraction of sp³-hybridized carbons (Fsp3) is 0.538. The summed E-state index contributed by atoms with van der Waals surface area (Å²) in [7, 11) is 1.74. The second-order valence-corrected chi connectivity index (χ2v) is 3.94. The molecule has 0 radical (unpaired) electrons. The Bertz CT molecular complexity index is 286. The van der Waals surface area contributed by atoms with Crippen molar-refractivity contribution in [1.29, 1.82) is 0 Å². The average Bonchev–Trinajstić information content (AvgIpc) is 2.24. The molecule has 0 aliphatic carbocycles. The topological polar surface area (TPSA) is 21.3 Å². The van der Waals surface area contributed by atoms with Crippen molar-refractivity contribution in [2.45, 2.75) is 26.3 Å². The molecule has 0 heterocycles. The molecule has 2 nitrogen and oxygen atoms in total. The van der Waals surface area contributed by atoms with Crippen molar-refractivity contribution in [3.63, 3.8) is 0 Å². The number of hydrogen-bond donors (Lipinski definition) is 1. The van der Waals surface area contributed by atoms with Crippen molar-refractivity contribution in [3.8, 4) is 0 Å². The molecule has 1 aromatic rings. The van der Waals surface area contributed by atoms with Crippen molar-refractivity contribution in [1.82, 2.24) is 5.32 Å². The zero-order valence-electron chi connectivity index (χ0n) is 9.92. The van der Waals surface area contributed by atoms with E-state index in [9.17, 15) is 0 Å². The second kappa shape index (κ2) is 6.59. The molecule has 1 unspecified atom stereocenters. The molecular formula is C13H21NO. The van der Waals surface area contributed by atoms with E-state index in [0.29, 0.717) is 6.04 Å². The molecule has 0 aliphatic rings. The molecule has 15 heavy (non-hydrogen) atoms. The van der Waals surface area contributed by atoms with E-state index in [1.165, 1.54) is 11.1 Å². The Labute approximate surface area is 92.6 Å². The molecule has 0 aromatic heterocycles. The number of ether oxygens (including phenoxy) is 1. The van der Waals surface area contributed by atoms with Crippen LogP contribution in [0.2, 0.25) is 0 Å². The molecule has 84 valence electrons. The van der Waals surface area contributed by atoms with Gasteiger partial charge in [0.2, 0.25) is 0 Å². The maximum absolute atomic E-state index is 5.01. The van der Waals surface area contributed by atoms with Crippen LogP contribution in [0.4, 0.5) is 0 Å². The van der Waals surface area contributed by atoms with Crippen molar-refractivity contribution in [3.05, 3.63) is 35.4 Å². The van der Waals surface area contributed by atoms with E-state index < -0.39 is 0 Å². The highest BCUT2D eigenvalue weighted by Gasteiger charge is 2.03. The third-order valence-corrected chi connectivity index (χ3v) is 2.52. The van der Waals surface area contributed by atoms with Crippen LogP contribution in [-0.2, 0) is 4.74 Å². The van der Waals surface area contributed by atoms with E-state index in [1.54, 1.807) is 7.11 Å². The molecule has 0 fully saturated rings. The van der Waals surface area contributed by atoms with Crippen LogP contribution in [-0.4, -0.2) is 20.3 Å². The first-order chi connectivity index (χ1) is 7.24. The van der Waals surface area contributed by atoms with Crippen LogP contribution in [0.5, 0.6) is 0 Å². The standard InChI is InChI=1S/C13H21NO/c1-11-6-4-7-13(10-11)12(2)14-8-5-9-15-3/h4,6-7,10,12,14H,5,8-9H2,1-3H3. The monoisotopic (exact) mass is 207 g/mol. The lowest BCUT2D eigenvalue weighted by Gasteiger charge is -2.14. The van der Waals surface area contributed by atoms with E-state index in [4.69, 9.17) is 4.74 Å². The first-order valence-electron chi connectivity index (χ1n) is 5.53. The van der Waals surface area contributed by atoms with Crippen LogP contribution in [0.3, 0.4) is 0 Å². The van der Waals surface area contributed by atoms with Gasteiger partial charge in [0.1, 0.15) is 0 Å². The molecule has 1 rings (SSSR count). The number of nitrogens with one attached hydrogen (secondary N) is 1. The highest BCUT2D eigenvalue weighted by Crippen LogP contribution is 2.13. The Balaban J connectivity index is 2.36. The summed E-state index contributed by atoms with van der Waals surface area (Å²) in [6.45, 7) is 6.15. The smallest absolute Gasteiger partial charge is 0.0474 e. The summed E-state index contributed by atoms with van der Waals surface area (Å²) in [4.78, 5) is 0. The summed E-state index contributed by atoms with van der Waals surface area (Å²) in [5, 5.41) is 3.48. The summed E-state index contributed by atoms with van der Waals surface area (Å²) in [6, 6.07) is 9.05. The van der Waals surface area contributed by atoms with Gasteiger partial charge >= 0.3 is 0 Å². The van der Waals surface area contributed by atoms with E-state index in [2.05, 4.69) is 43.4 Å². The number of hydrogen-bond acceptors (Lipinski definition) is 2. The maximum atomic E-state index is 5.01. The molecule has 0 aliphatic heterocycles. The van der Waals surface area contributed by atoms with Crippen molar-refractivity contribution in [2.75, 3.05) is 20.3 Å². The highest BCUT2D eigenvalue weighted by atomic mass is 16.5. The van der Waals surface area contributed by atoms with Gasteiger partial charge in [0.25, 0.3) is 0 Å². The third-order valence-electron chi connectivity index (χ3n) is 2.52. The molecule has 0 spiro atoms. The molecule has 1 atom stereocenters. The van der Waals surface area contributed by atoms with Crippen LogP contribution >= 0.6 is 0 Å². The summed E-state index contributed by atoms with van der Waals surface area (Å²) in [5.74, 6) is 0. The lowest BCUT2D eigenvalue weighted by Crippen LogP contribution is -2.20. The van der Waals surface area contributed by atoms with Crippen molar-refractivity contribution >= 4 is 0 Å². The zero-order chi connectivity index (χ0) is 11.1. The van der Waals surface area contributed by atoms with Crippen LogP contribution < -0.4 is 5.32 Å². The normalized spacial score (nSPS) is 12.7. The molecule has 0 amide bonds. The minimum Gasteiger partial charge on any atom is -0.385 e. The summed E-state index contributed by atoms with van der Waals surface area (Å²) in [5.41, 5.74) is 2.67. The molecule has 1 N–H and O–H groups in total. The number of benzene rings is 1. The molecule has 2 heteroatoms. The largest absolute Gasteiger partial charge is 0.385 e. The third kappa shape index (κ3) is 4.45. The zero-order valence-corrected chi connectivity index (χ0v) is 9.92. The predicted molar refractivity (Wildman–Crippen MR) is 64.1 cm³/mol. The van der Waals surface area contributed by atoms with Gasteiger partial charge in [-0.05, 0) is 32.4 Å². The number of methoxy groups -OCH3 is 1. The van der Waals surface area contributed by atoms with E-state index >= 15 is 0 Å². The Morgan fingerprint density at radius 1 is 1.40 bits per heavy atom. The van der Waals surface area contributed by atoms with Crippen LogP contribution in [0, 0.1) is 6.92 Å². The molecular weight excluding hydrogens is 186 g/mol. The van der Waals surface area contributed by atoms with Gasteiger partial charge in [0.05, 0.1) is 0 Å². The van der Waals surface area contributed by atoms with E-state index in [1.807, 2.05) is 0 Å². The van der Waals surface area contributed by atoms with Gasteiger partial charge in [0.15, 0.2) is 0 Å². The van der Waals surface area contributed by atoms with E-state index in [-0.39, 0.29) is 0 Å². The predicted octanol–water partition coefficient (Wildman–Crippen LogP) is 2.68. The van der Waals surface area contributed by atoms with Gasteiger partial charge in [-0.25, -0.2) is 0 Å². The molecule has 1 aromatic carbocycles. The quantitative estimate of drug-likeness (QED) is 0.724. The summed E-state index contributed by atoms with van der Waals surface area (Å²) >= 11 is 0. The molecule has 0 bridgehead atoms. The van der Waals surface area contributed by atoms with Gasteiger partial charge in [-0.1, -0.05) is 29.8 Å². The average molecular weight is 207 g/mol. The van der Waals surface area contributed by atoms with Gasteiger partial charge < -0.3 is 10.1 Å². The lowest BCUT2D eigenvalue weighted by atomic mass is 10.1. The van der Waals surface area contributed by atoms with Gasteiger partial charge in [-0.2, -0.15) is 0 Å². The van der Waals surface area contributed by atoms with Gasteiger partial charge in [0, 0.05) is 19.8 Å². The fourth-order valence-corrected chi connectivity index (χ4v) is 1.59. The molecule has 0 saturated carbocycles. The van der Waals surface area contributed by atoms with Crippen LogP contribution in [0.1, 0.15) is 30.5 Å². The second-order valence-electron chi connectivity index (χ2n) is 3.94. The fourth-order valence-electron chi connectivity index (χ4n) is 1.59. The first-order valence-corrected chi connectivity index (χ1v) is 5.53. The van der Waals surface area contributed by atoms with E-state index in [0.717, 1.165) is 19.6 Å². The minimum absolute atomic E-state index is 0.418. The van der Waals surface area contributed by atoms with Gasteiger partial charge in [-0.15, -0.1) is 0 Å². The Morgan fingerprint density at radius 3 is 2.87 bits per heavy atom. The first kappa shape index (κ1) is 12.2. The molecule has 0 saturated heterocycles. The Morgan fingerprint density at radius 2 is 2.20 bits per heavy atom. The van der Waals surface area contributed by atoms with Crippen molar-refractivity contribution < 1.29 is 4.74 Å². The minimum atomic E-state index is 0.418. The van der Waals surface area contributed by atoms with Gasteiger partial charge in [-0.3, -0.25) is 0 Å². The number of aryl methyl sites for hydroxylation is 1. The lowest BCUT2D eigenvalue weighted by molar-refractivity contribution is 0.193. The number of rotatable bonds is 6. The Hall–Kier alpha value is -0.860. The van der Waals surface area contributed by atoms with Crippen molar-refractivity contribution in [2.24, 2.45) is 0 Å².